The van der Waals surface area contributed by atoms with Crippen LogP contribution in [0.4, 0.5) is 13.2 Å². The first-order valence-electron chi connectivity index (χ1n) is 9.81. The molecule has 1 N–H and O–H groups in total. The molecule has 3 heterocycles. The van der Waals surface area contributed by atoms with Crippen LogP contribution < -0.4 is 5.32 Å². The number of aryl methyl sites for hydroxylation is 1. The summed E-state index contributed by atoms with van der Waals surface area (Å²) in [6, 6.07) is 6.20. The van der Waals surface area contributed by atoms with Gasteiger partial charge in [-0.05, 0) is 48.2 Å². The van der Waals surface area contributed by atoms with Crippen molar-refractivity contribution in [2.45, 2.75) is 45.8 Å². The number of benzene rings is 1. The average Bonchev–Trinajstić information content (AvgIpc) is 3.28. The summed E-state index contributed by atoms with van der Waals surface area (Å²) in [7, 11) is 0. The largest absolute Gasteiger partial charge is 0.464 e. The van der Waals surface area contributed by atoms with Crippen LogP contribution in [0.25, 0.3) is 16.6 Å². The molecule has 1 aromatic carbocycles. The molecule has 0 fully saturated rings. The van der Waals surface area contributed by atoms with Crippen LogP contribution in [0.1, 0.15) is 47.8 Å². The van der Waals surface area contributed by atoms with Crippen LogP contribution in [0.5, 0.6) is 0 Å². The smallest absolute Gasteiger partial charge is 0.417 e. The lowest BCUT2D eigenvalue weighted by molar-refractivity contribution is -0.137. The predicted octanol–water partition coefficient (Wildman–Crippen LogP) is 4.79. The summed E-state index contributed by atoms with van der Waals surface area (Å²) in [6.45, 7) is 6.19. The van der Waals surface area contributed by atoms with Gasteiger partial charge >= 0.3 is 6.18 Å². The first kappa shape index (κ1) is 20.9. The molecule has 0 radical (unpaired) electrons. The number of aromatic nitrogens is 3. The molecular formula is C22H21F3N4O2. The van der Waals surface area contributed by atoms with Crippen molar-refractivity contribution in [3.8, 4) is 0 Å². The Morgan fingerprint density at radius 1 is 1.23 bits per heavy atom. The molecule has 0 spiro atoms. The lowest BCUT2D eigenvalue weighted by Crippen LogP contribution is -2.25. The molecule has 4 rings (SSSR count). The zero-order valence-electron chi connectivity index (χ0n) is 17.2. The normalized spacial score (nSPS) is 12.2. The van der Waals surface area contributed by atoms with Gasteiger partial charge in [-0.15, -0.1) is 10.2 Å². The molecule has 9 heteroatoms. The highest BCUT2D eigenvalue weighted by molar-refractivity contribution is 5.88. The minimum atomic E-state index is -4.48. The Bertz CT molecular complexity index is 1270. The lowest BCUT2D eigenvalue weighted by atomic mass is 9.95. The summed E-state index contributed by atoms with van der Waals surface area (Å²) < 4.78 is 45.8. The fourth-order valence-corrected chi connectivity index (χ4v) is 3.64. The Morgan fingerprint density at radius 3 is 2.71 bits per heavy atom. The minimum absolute atomic E-state index is 0.0482. The molecule has 0 saturated carbocycles. The van der Waals surface area contributed by atoms with Crippen molar-refractivity contribution in [2.75, 3.05) is 0 Å². The van der Waals surface area contributed by atoms with Gasteiger partial charge in [0.1, 0.15) is 5.58 Å². The van der Waals surface area contributed by atoms with Crippen molar-refractivity contribution in [3.63, 3.8) is 0 Å². The van der Waals surface area contributed by atoms with E-state index in [1.54, 1.807) is 6.26 Å². The highest BCUT2D eigenvalue weighted by Gasteiger charge is 2.31. The minimum Gasteiger partial charge on any atom is -0.464 e. The maximum atomic E-state index is 13.0. The van der Waals surface area contributed by atoms with Crippen LogP contribution in [0.2, 0.25) is 0 Å². The van der Waals surface area contributed by atoms with E-state index >= 15 is 0 Å². The number of halogens is 3. The molecule has 3 aromatic heterocycles. The summed E-state index contributed by atoms with van der Waals surface area (Å²) in [5.74, 6) is 0.256. The van der Waals surface area contributed by atoms with Crippen LogP contribution in [-0.2, 0) is 23.9 Å². The molecule has 0 saturated heterocycles. The number of alkyl halides is 3. The third-order valence-electron chi connectivity index (χ3n) is 5.26. The number of nitrogens with one attached hydrogen (secondary N) is 1. The van der Waals surface area contributed by atoms with Crippen LogP contribution in [0.15, 0.2) is 41.1 Å². The summed E-state index contributed by atoms with van der Waals surface area (Å²) in [4.78, 5) is 12.5. The number of carbonyl (C=O) groups is 1. The molecule has 0 aliphatic heterocycles. The highest BCUT2D eigenvalue weighted by Crippen LogP contribution is 2.30. The van der Waals surface area contributed by atoms with E-state index in [-0.39, 0.29) is 30.3 Å². The van der Waals surface area contributed by atoms with Crippen molar-refractivity contribution in [2.24, 2.45) is 0 Å². The van der Waals surface area contributed by atoms with Crippen molar-refractivity contribution in [3.05, 3.63) is 64.8 Å². The van der Waals surface area contributed by atoms with Gasteiger partial charge in [-0.3, -0.25) is 9.20 Å². The van der Waals surface area contributed by atoms with Gasteiger partial charge in [0.25, 0.3) is 0 Å². The number of rotatable bonds is 5. The van der Waals surface area contributed by atoms with Crippen LogP contribution in [0, 0.1) is 6.92 Å². The van der Waals surface area contributed by atoms with E-state index in [4.69, 9.17) is 4.42 Å². The lowest BCUT2D eigenvalue weighted by Gasteiger charge is -2.10. The highest BCUT2D eigenvalue weighted by atomic mass is 19.4. The molecule has 1 amide bonds. The van der Waals surface area contributed by atoms with Crippen molar-refractivity contribution in [1.29, 1.82) is 0 Å². The third-order valence-corrected chi connectivity index (χ3v) is 5.26. The first-order chi connectivity index (χ1) is 14.6. The number of nitrogens with zero attached hydrogens (tertiary/aromatic N) is 3. The van der Waals surface area contributed by atoms with Crippen LogP contribution in [-0.4, -0.2) is 20.5 Å². The first-order valence-corrected chi connectivity index (χ1v) is 9.81. The Morgan fingerprint density at radius 2 is 2.00 bits per heavy atom. The number of hydrogen-bond acceptors (Lipinski definition) is 4. The van der Waals surface area contributed by atoms with Crippen molar-refractivity contribution >= 4 is 22.5 Å². The van der Waals surface area contributed by atoms with Crippen molar-refractivity contribution in [1.82, 2.24) is 19.9 Å². The van der Waals surface area contributed by atoms with Crippen molar-refractivity contribution < 1.29 is 22.4 Å². The molecular weight excluding hydrogens is 409 g/mol. The van der Waals surface area contributed by atoms with E-state index in [1.807, 2.05) is 19.1 Å². The molecule has 0 aliphatic rings. The molecule has 0 unspecified atom stereocenters. The molecule has 4 aromatic rings. The molecule has 6 nitrogen and oxygen atoms in total. The van der Waals surface area contributed by atoms with E-state index in [9.17, 15) is 18.0 Å². The van der Waals surface area contributed by atoms with E-state index < -0.39 is 11.7 Å². The van der Waals surface area contributed by atoms with Crippen LogP contribution >= 0.6 is 0 Å². The second-order valence-electron chi connectivity index (χ2n) is 7.83. The topological polar surface area (TPSA) is 72.4 Å². The molecule has 0 bridgehead atoms. The number of furan rings is 1. The Hall–Kier alpha value is -3.36. The van der Waals surface area contributed by atoms with Gasteiger partial charge in [0.2, 0.25) is 5.91 Å². The Balaban J connectivity index is 1.51. The standard InChI is InChI=1S/C22H21F3N4O2/c1-12(2)16-8-17-14(11-31-18(17)6-13(16)3)7-21(30)26-9-20-28-27-19-5-4-15(10-29(19)20)22(23,24)25/h4-6,8,10-12H,7,9H2,1-3H3,(H,26,30). The fraction of sp³-hybridized carbons (Fsp3) is 0.318. The predicted molar refractivity (Wildman–Crippen MR) is 109 cm³/mol. The Labute approximate surface area is 176 Å². The van der Waals surface area contributed by atoms with Gasteiger partial charge in [0.15, 0.2) is 11.5 Å². The number of fused-ring (bicyclic) bond motifs is 2. The van der Waals surface area contributed by atoms with E-state index in [2.05, 4.69) is 29.4 Å². The third kappa shape index (κ3) is 4.12. The van der Waals surface area contributed by atoms with Crippen LogP contribution in [0.3, 0.4) is 0 Å². The monoisotopic (exact) mass is 430 g/mol. The Kier molecular flexibility index (Phi) is 5.20. The molecule has 162 valence electrons. The molecule has 0 aliphatic carbocycles. The van der Waals surface area contributed by atoms with E-state index in [1.165, 1.54) is 16.0 Å². The number of hydrogen-bond donors (Lipinski definition) is 1. The quantitative estimate of drug-likeness (QED) is 0.494. The molecule has 31 heavy (non-hydrogen) atoms. The summed E-state index contributed by atoms with van der Waals surface area (Å²) in [6.07, 6.45) is -1.90. The average molecular weight is 430 g/mol. The molecule has 0 atom stereocenters. The maximum Gasteiger partial charge on any atom is 0.417 e. The number of amides is 1. The zero-order valence-corrected chi connectivity index (χ0v) is 17.2. The van der Waals surface area contributed by atoms with Gasteiger partial charge in [-0.1, -0.05) is 13.8 Å². The van der Waals surface area contributed by atoms with Gasteiger partial charge in [0, 0.05) is 17.1 Å². The van der Waals surface area contributed by atoms with Gasteiger partial charge in [-0.25, -0.2) is 0 Å². The fourth-order valence-electron chi connectivity index (χ4n) is 3.64. The van der Waals surface area contributed by atoms with E-state index in [0.29, 0.717) is 11.5 Å². The van der Waals surface area contributed by atoms with Gasteiger partial charge < -0.3 is 9.73 Å². The number of pyridine rings is 1. The van der Waals surface area contributed by atoms with E-state index in [0.717, 1.165) is 28.8 Å². The SMILES string of the molecule is Cc1cc2occ(CC(=O)NCc3nnc4ccc(C(F)(F)F)cn34)c2cc1C(C)C. The number of carbonyl (C=O) groups excluding carboxylic acids is 1. The van der Waals surface area contributed by atoms with Gasteiger partial charge in [-0.2, -0.15) is 13.2 Å². The van der Waals surface area contributed by atoms with Gasteiger partial charge in [0.05, 0.1) is 24.8 Å². The maximum absolute atomic E-state index is 13.0. The zero-order chi connectivity index (χ0) is 22.3. The summed E-state index contributed by atoms with van der Waals surface area (Å²) in [5, 5.41) is 11.3. The second-order valence-corrected chi connectivity index (χ2v) is 7.83. The summed E-state index contributed by atoms with van der Waals surface area (Å²) >= 11 is 0. The second kappa shape index (κ2) is 7.72. The summed E-state index contributed by atoms with van der Waals surface area (Å²) in [5.41, 5.74) is 3.24.